The standard InChI is InChI=1S/C19H16BrN3S/c1-14(7-8-15-5-3-2-4-6-15)22-23-19-21-18(13-24-19)16-9-11-17(20)12-10-16/h2-13H,1H3,(H,21,23). The molecule has 0 aliphatic rings. The fourth-order valence-corrected chi connectivity index (χ4v) is 2.96. The molecular weight excluding hydrogens is 382 g/mol. The quantitative estimate of drug-likeness (QED) is 0.418. The van der Waals surface area contributed by atoms with Gasteiger partial charge in [0.25, 0.3) is 0 Å². The van der Waals surface area contributed by atoms with Gasteiger partial charge in [0, 0.05) is 15.4 Å². The van der Waals surface area contributed by atoms with Crippen LogP contribution < -0.4 is 5.43 Å². The van der Waals surface area contributed by atoms with Crippen molar-refractivity contribution in [3.05, 3.63) is 76.1 Å². The van der Waals surface area contributed by atoms with Crippen LogP contribution in [-0.4, -0.2) is 10.7 Å². The van der Waals surface area contributed by atoms with E-state index < -0.39 is 0 Å². The lowest BCUT2D eigenvalue weighted by Crippen LogP contribution is -1.94. The first kappa shape index (κ1) is 16.6. The van der Waals surface area contributed by atoms with Gasteiger partial charge in [0.1, 0.15) is 0 Å². The van der Waals surface area contributed by atoms with Gasteiger partial charge in [0.15, 0.2) is 0 Å². The van der Waals surface area contributed by atoms with E-state index in [-0.39, 0.29) is 0 Å². The molecule has 1 aromatic heterocycles. The van der Waals surface area contributed by atoms with Crippen LogP contribution in [0, 0.1) is 0 Å². The fourth-order valence-electron chi connectivity index (χ4n) is 2.03. The Kier molecular flexibility index (Phi) is 5.56. The van der Waals surface area contributed by atoms with Crippen molar-refractivity contribution in [2.45, 2.75) is 6.92 Å². The molecule has 24 heavy (non-hydrogen) atoms. The van der Waals surface area contributed by atoms with E-state index in [0.717, 1.165) is 32.1 Å². The topological polar surface area (TPSA) is 37.3 Å². The molecule has 0 atom stereocenters. The van der Waals surface area contributed by atoms with Crippen LogP contribution >= 0.6 is 27.3 Å². The lowest BCUT2D eigenvalue weighted by molar-refractivity contribution is 1.28. The summed E-state index contributed by atoms with van der Waals surface area (Å²) in [7, 11) is 0. The van der Waals surface area contributed by atoms with E-state index in [4.69, 9.17) is 0 Å². The highest BCUT2D eigenvalue weighted by Crippen LogP contribution is 2.26. The Balaban J connectivity index is 1.64. The third-order valence-corrected chi connectivity index (χ3v) is 4.56. The van der Waals surface area contributed by atoms with Crippen molar-refractivity contribution < 1.29 is 0 Å². The average Bonchev–Trinajstić information content (AvgIpc) is 3.09. The Morgan fingerprint density at radius 1 is 1.12 bits per heavy atom. The molecule has 0 amide bonds. The first-order chi connectivity index (χ1) is 11.7. The second-order valence-electron chi connectivity index (χ2n) is 5.15. The van der Waals surface area contributed by atoms with Crippen molar-refractivity contribution in [3.63, 3.8) is 0 Å². The number of nitrogens with one attached hydrogen (secondary N) is 1. The maximum absolute atomic E-state index is 4.56. The number of nitrogens with zero attached hydrogens (tertiary/aromatic N) is 2. The molecule has 0 unspecified atom stereocenters. The summed E-state index contributed by atoms with van der Waals surface area (Å²) in [5.74, 6) is 0. The molecule has 0 fully saturated rings. The number of rotatable bonds is 5. The molecule has 0 bridgehead atoms. The van der Waals surface area contributed by atoms with Crippen LogP contribution in [0.15, 0.2) is 75.6 Å². The summed E-state index contributed by atoms with van der Waals surface area (Å²) >= 11 is 4.98. The smallest absolute Gasteiger partial charge is 0.203 e. The predicted molar refractivity (Wildman–Crippen MR) is 107 cm³/mol. The summed E-state index contributed by atoms with van der Waals surface area (Å²) in [6, 6.07) is 18.3. The highest BCUT2D eigenvalue weighted by Gasteiger charge is 2.03. The summed E-state index contributed by atoms with van der Waals surface area (Å²) in [4.78, 5) is 4.56. The summed E-state index contributed by atoms with van der Waals surface area (Å²) < 4.78 is 1.06. The molecule has 120 valence electrons. The third-order valence-electron chi connectivity index (χ3n) is 3.29. The van der Waals surface area contributed by atoms with Crippen molar-refractivity contribution in [2.24, 2.45) is 5.10 Å². The van der Waals surface area contributed by atoms with E-state index in [2.05, 4.69) is 43.6 Å². The van der Waals surface area contributed by atoms with E-state index in [1.807, 2.05) is 66.9 Å². The van der Waals surface area contributed by atoms with Gasteiger partial charge in [-0.05, 0) is 30.7 Å². The Morgan fingerprint density at radius 3 is 2.62 bits per heavy atom. The summed E-state index contributed by atoms with van der Waals surface area (Å²) in [5.41, 5.74) is 7.09. The van der Waals surface area contributed by atoms with Crippen molar-refractivity contribution in [1.29, 1.82) is 0 Å². The third kappa shape index (κ3) is 4.63. The van der Waals surface area contributed by atoms with E-state index in [1.54, 1.807) is 0 Å². The van der Waals surface area contributed by atoms with Gasteiger partial charge in [-0.1, -0.05) is 64.5 Å². The highest BCUT2D eigenvalue weighted by atomic mass is 79.9. The normalized spacial score (nSPS) is 11.8. The molecular formula is C19H16BrN3S. The number of hydrogen-bond donors (Lipinski definition) is 1. The molecule has 0 aliphatic carbocycles. The number of hydrazone groups is 1. The molecule has 0 aliphatic heterocycles. The summed E-state index contributed by atoms with van der Waals surface area (Å²) in [6.45, 7) is 1.95. The minimum Gasteiger partial charge on any atom is -0.252 e. The van der Waals surface area contributed by atoms with Crippen molar-refractivity contribution >= 4 is 44.2 Å². The minimum absolute atomic E-state index is 0.778. The number of aromatic nitrogens is 1. The van der Waals surface area contributed by atoms with Gasteiger partial charge < -0.3 is 0 Å². The van der Waals surface area contributed by atoms with E-state index >= 15 is 0 Å². The molecule has 1 heterocycles. The van der Waals surface area contributed by atoms with Crippen LogP contribution in [0.25, 0.3) is 17.3 Å². The number of hydrogen-bond acceptors (Lipinski definition) is 4. The first-order valence-electron chi connectivity index (χ1n) is 7.45. The van der Waals surface area contributed by atoms with Gasteiger partial charge >= 0.3 is 0 Å². The average molecular weight is 398 g/mol. The maximum atomic E-state index is 4.56. The minimum atomic E-state index is 0.778. The zero-order valence-electron chi connectivity index (χ0n) is 13.1. The zero-order chi connectivity index (χ0) is 16.8. The number of benzene rings is 2. The Hall–Kier alpha value is -2.24. The van der Waals surface area contributed by atoms with Gasteiger partial charge in [-0.3, -0.25) is 5.43 Å². The number of halogens is 1. The molecule has 3 aromatic rings. The number of thiazole rings is 1. The summed E-state index contributed by atoms with van der Waals surface area (Å²) in [6.07, 6.45) is 4.02. The SMILES string of the molecule is CC(C=Cc1ccccc1)=NNc1nc(-c2ccc(Br)cc2)cs1. The monoisotopic (exact) mass is 397 g/mol. The van der Waals surface area contributed by atoms with Gasteiger partial charge in [-0.15, -0.1) is 11.3 Å². The molecule has 2 aromatic carbocycles. The second kappa shape index (κ2) is 8.04. The van der Waals surface area contributed by atoms with E-state index in [9.17, 15) is 0 Å². The fraction of sp³-hybridized carbons (Fsp3) is 0.0526. The molecule has 0 radical (unpaired) electrons. The lowest BCUT2D eigenvalue weighted by Gasteiger charge is -1.97. The van der Waals surface area contributed by atoms with Gasteiger partial charge in [-0.25, -0.2) is 4.98 Å². The Morgan fingerprint density at radius 2 is 1.88 bits per heavy atom. The predicted octanol–water partition coefficient (Wildman–Crippen LogP) is 6.07. The van der Waals surface area contributed by atoms with Gasteiger partial charge in [0.2, 0.25) is 5.13 Å². The van der Waals surface area contributed by atoms with Crippen LogP contribution in [0.2, 0.25) is 0 Å². The van der Waals surface area contributed by atoms with Crippen molar-refractivity contribution in [1.82, 2.24) is 4.98 Å². The number of allylic oxidation sites excluding steroid dienone is 1. The molecule has 0 spiro atoms. The van der Waals surface area contributed by atoms with E-state index in [0.29, 0.717) is 0 Å². The van der Waals surface area contributed by atoms with E-state index in [1.165, 1.54) is 11.3 Å². The molecule has 5 heteroatoms. The van der Waals surface area contributed by atoms with Crippen LogP contribution in [0.5, 0.6) is 0 Å². The van der Waals surface area contributed by atoms with Crippen LogP contribution in [0.3, 0.4) is 0 Å². The van der Waals surface area contributed by atoms with Gasteiger partial charge in [0.05, 0.1) is 11.4 Å². The number of anilines is 1. The van der Waals surface area contributed by atoms with Crippen LogP contribution in [0.1, 0.15) is 12.5 Å². The highest BCUT2D eigenvalue weighted by molar-refractivity contribution is 9.10. The zero-order valence-corrected chi connectivity index (χ0v) is 15.5. The largest absolute Gasteiger partial charge is 0.252 e. The molecule has 0 saturated carbocycles. The summed E-state index contributed by atoms with van der Waals surface area (Å²) in [5, 5.41) is 7.15. The molecule has 1 N–H and O–H groups in total. The Bertz CT molecular complexity index is 852. The van der Waals surface area contributed by atoms with Gasteiger partial charge in [-0.2, -0.15) is 5.10 Å². The molecule has 3 nitrogen and oxygen atoms in total. The molecule has 3 rings (SSSR count). The second-order valence-corrected chi connectivity index (χ2v) is 6.93. The first-order valence-corrected chi connectivity index (χ1v) is 9.13. The van der Waals surface area contributed by atoms with Crippen LogP contribution in [-0.2, 0) is 0 Å². The Labute approximate surface area is 153 Å². The van der Waals surface area contributed by atoms with Crippen molar-refractivity contribution in [3.8, 4) is 11.3 Å². The maximum Gasteiger partial charge on any atom is 0.203 e. The van der Waals surface area contributed by atoms with Crippen LogP contribution in [0.4, 0.5) is 5.13 Å². The lowest BCUT2D eigenvalue weighted by atomic mass is 10.2. The molecule has 0 saturated heterocycles. The van der Waals surface area contributed by atoms with Crippen molar-refractivity contribution in [2.75, 3.05) is 5.43 Å².